The van der Waals surface area contributed by atoms with Crippen molar-refractivity contribution in [2.24, 2.45) is 0 Å². The second-order valence-corrected chi connectivity index (χ2v) is 4.56. The molecule has 1 heterocycles. The molecule has 0 aliphatic rings. The Hall–Kier alpha value is -1.79. The van der Waals surface area contributed by atoms with Crippen molar-refractivity contribution >= 4 is 21.8 Å². The summed E-state index contributed by atoms with van der Waals surface area (Å²) in [6.45, 7) is 0.252. The first-order valence-corrected chi connectivity index (χ1v) is 6.29. The van der Waals surface area contributed by atoms with Gasteiger partial charge in [-0.1, -0.05) is 15.9 Å². The fraction of sp³-hybridized carbons (Fsp3) is 0.154. The molecule has 1 aromatic carbocycles. The third-order valence-corrected chi connectivity index (χ3v) is 2.80. The second-order valence-electron chi connectivity index (χ2n) is 3.64. The number of carbonyl (C=O) groups excluding carboxylic acids is 1. The van der Waals surface area contributed by atoms with Gasteiger partial charge in [0.25, 0.3) is 0 Å². The van der Waals surface area contributed by atoms with Crippen molar-refractivity contribution in [1.82, 2.24) is 5.48 Å². The molecule has 0 saturated carbocycles. The number of hydrogen-bond acceptors (Lipinski definition) is 4. The molecule has 2 rings (SSSR count). The highest BCUT2D eigenvalue weighted by atomic mass is 79.9. The molecule has 0 saturated heterocycles. The zero-order valence-corrected chi connectivity index (χ0v) is 11.8. The molecule has 0 unspecified atom stereocenters. The summed E-state index contributed by atoms with van der Waals surface area (Å²) < 4.78 is 11.8. The normalized spacial score (nSPS) is 10.2. The first-order chi connectivity index (χ1) is 9.19. The molecule has 19 heavy (non-hydrogen) atoms. The van der Waals surface area contributed by atoms with E-state index in [4.69, 9.17) is 9.15 Å². The van der Waals surface area contributed by atoms with Crippen molar-refractivity contribution in [1.29, 1.82) is 0 Å². The smallest absolute Gasteiger partial charge is 0.310 e. The molecule has 0 atom stereocenters. The van der Waals surface area contributed by atoms with Gasteiger partial charge in [0.15, 0.2) is 5.76 Å². The molecule has 1 aromatic heterocycles. The SMILES string of the molecule is CONC(=O)c1ccc(COc2ccc(Br)cc2)o1. The molecule has 5 nitrogen and oxygen atoms in total. The first-order valence-electron chi connectivity index (χ1n) is 5.49. The Balaban J connectivity index is 1.93. The van der Waals surface area contributed by atoms with Gasteiger partial charge in [-0.25, -0.2) is 5.48 Å². The van der Waals surface area contributed by atoms with Crippen molar-refractivity contribution in [2.45, 2.75) is 6.61 Å². The lowest BCUT2D eigenvalue weighted by Crippen LogP contribution is -2.21. The summed E-state index contributed by atoms with van der Waals surface area (Å²) in [4.78, 5) is 15.9. The lowest BCUT2D eigenvalue weighted by molar-refractivity contribution is 0.0506. The molecule has 0 radical (unpaired) electrons. The van der Waals surface area contributed by atoms with E-state index in [9.17, 15) is 4.79 Å². The van der Waals surface area contributed by atoms with Gasteiger partial charge < -0.3 is 9.15 Å². The predicted molar refractivity (Wildman–Crippen MR) is 71.7 cm³/mol. The molecule has 0 fully saturated rings. The van der Waals surface area contributed by atoms with Gasteiger partial charge in [-0.15, -0.1) is 0 Å². The minimum absolute atomic E-state index is 0.177. The molecule has 0 bridgehead atoms. The fourth-order valence-electron chi connectivity index (χ4n) is 1.41. The van der Waals surface area contributed by atoms with Crippen molar-refractivity contribution < 1.29 is 18.8 Å². The van der Waals surface area contributed by atoms with Gasteiger partial charge in [0.05, 0.1) is 7.11 Å². The highest BCUT2D eigenvalue weighted by molar-refractivity contribution is 9.10. The standard InChI is InChI=1S/C13H12BrNO4/c1-17-15-13(16)12-7-6-11(19-12)8-18-10-4-2-9(14)3-5-10/h2-7H,8H2,1H3,(H,15,16). The Morgan fingerprint density at radius 3 is 2.68 bits per heavy atom. The summed E-state index contributed by atoms with van der Waals surface area (Å²) in [7, 11) is 1.36. The van der Waals surface area contributed by atoms with Crippen molar-refractivity contribution in [3.05, 3.63) is 52.4 Å². The largest absolute Gasteiger partial charge is 0.486 e. The van der Waals surface area contributed by atoms with Crippen LogP contribution in [0.2, 0.25) is 0 Å². The Bertz CT molecular complexity index is 550. The van der Waals surface area contributed by atoms with E-state index >= 15 is 0 Å². The van der Waals surface area contributed by atoms with Crippen LogP contribution in [0.15, 0.2) is 45.3 Å². The molecule has 0 spiro atoms. The number of nitrogens with one attached hydrogen (secondary N) is 1. The zero-order chi connectivity index (χ0) is 13.7. The maximum absolute atomic E-state index is 11.4. The quantitative estimate of drug-likeness (QED) is 0.858. The Morgan fingerprint density at radius 2 is 2.00 bits per heavy atom. The predicted octanol–water partition coefficient (Wildman–Crippen LogP) is 2.91. The van der Waals surface area contributed by atoms with E-state index in [0.717, 1.165) is 10.2 Å². The van der Waals surface area contributed by atoms with Gasteiger partial charge in [0, 0.05) is 4.47 Å². The van der Waals surface area contributed by atoms with Crippen molar-refractivity contribution in [3.63, 3.8) is 0 Å². The first kappa shape index (κ1) is 13.6. The van der Waals surface area contributed by atoms with Crippen LogP contribution < -0.4 is 10.2 Å². The highest BCUT2D eigenvalue weighted by Crippen LogP contribution is 2.18. The highest BCUT2D eigenvalue weighted by Gasteiger charge is 2.10. The molecule has 0 aliphatic heterocycles. The average Bonchev–Trinajstić information content (AvgIpc) is 2.87. The van der Waals surface area contributed by atoms with Gasteiger partial charge in [0.2, 0.25) is 0 Å². The van der Waals surface area contributed by atoms with Gasteiger partial charge in [-0.2, -0.15) is 0 Å². The van der Waals surface area contributed by atoms with E-state index in [2.05, 4.69) is 26.2 Å². The lowest BCUT2D eigenvalue weighted by Gasteiger charge is -2.03. The van der Waals surface area contributed by atoms with Crippen LogP contribution in [-0.2, 0) is 11.4 Å². The molecule has 0 aliphatic carbocycles. The molecular weight excluding hydrogens is 314 g/mol. The maximum atomic E-state index is 11.4. The molecule has 2 aromatic rings. The Morgan fingerprint density at radius 1 is 1.26 bits per heavy atom. The Kier molecular flexibility index (Phi) is 4.59. The summed E-state index contributed by atoms with van der Waals surface area (Å²) in [6.07, 6.45) is 0. The number of carbonyl (C=O) groups is 1. The fourth-order valence-corrected chi connectivity index (χ4v) is 1.67. The van der Waals surface area contributed by atoms with Gasteiger partial charge in [0.1, 0.15) is 18.1 Å². The topological polar surface area (TPSA) is 60.7 Å². The molecule has 1 amide bonds. The van der Waals surface area contributed by atoms with Crippen molar-refractivity contribution in [3.8, 4) is 5.75 Å². The van der Waals surface area contributed by atoms with Gasteiger partial charge >= 0.3 is 5.91 Å². The van der Waals surface area contributed by atoms with Crippen LogP contribution >= 0.6 is 15.9 Å². The number of rotatable bonds is 5. The number of halogens is 1. The summed E-state index contributed by atoms with van der Waals surface area (Å²) in [6, 6.07) is 10.7. The van der Waals surface area contributed by atoms with Crippen LogP contribution in [-0.4, -0.2) is 13.0 Å². The number of amides is 1. The number of furan rings is 1. The van der Waals surface area contributed by atoms with E-state index in [1.165, 1.54) is 7.11 Å². The van der Waals surface area contributed by atoms with E-state index in [-0.39, 0.29) is 12.4 Å². The summed E-state index contributed by atoms with van der Waals surface area (Å²) in [5.74, 6) is 1.03. The van der Waals surface area contributed by atoms with Crippen molar-refractivity contribution in [2.75, 3.05) is 7.11 Å². The summed E-state index contributed by atoms with van der Waals surface area (Å²) in [5.41, 5.74) is 2.18. The summed E-state index contributed by atoms with van der Waals surface area (Å²) >= 11 is 3.35. The number of hydrogen-bond donors (Lipinski definition) is 1. The van der Waals surface area contributed by atoms with E-state index in [0.29, 0.717) is 5.76 Å². The Labute approximate surface area is 118 Å². The number of ether oxygens (including phenoxy) is 1. The van der Waals surface area contributed by atoms with Crippen LogP contribution in [0, 0.1) is 0 Å². The van der Waals surface area contributed by atoms with Crippen LogP contribution in [0.5, 0.6) is 5.75 Å². The second kappa shape index (κ2) is 6.40. The molecular formula is C13H12BrNO4. The molecule has 6 heteroatoms. The zero-order valence-electron chi connectivity index (χ0n) is 10.2. The van der Waals surface area contributed by atoms with Gasteiger partial charge in [-0.3, -0.25) is 9.63 Å². The minimum Gasteiger partial charge on any atom is -0.486 e. The third-order valence-electron chi connectivity index (χ3n) is 2.27. The van der Waals surface area contributed by atoms with Crippen LogP contribution in [0.1, 0.15) is 16.3 Å². The summed E-state index contributed by atoms with van der Waals surface area (Å²) in [5, 5.41) is 0. The minimum atomic E-state index is -0.433. The van der Waals surface area contributed by atoms with Crippen LogP contribution in [0.4, 0.5) is 0 Å². The maximum Gasteiger partial charge on any atom is 0.310 e. The van der Waals surface area contributed by atoms with Crippen LogP contribution in [0.3, 0.4) is 0 Å². The van der Waals surface area contributed by atoms with E-state index in [1.807, 2.05) is 24.3 Å². The van der Waals surface area contributed by atoms with E-state index < -0.39 is 5.91 Å². The van der Waals surface area contributed by atoms with Crippen LogP contribution in [0.25, 0.3) is 0 Å². The molecule has 1 N–H and O–H groups in total. The average molecular weight is 326 g/mol. The number of benzene rings is 1. The number of hydroxylamine groups is 1. The van der Waals surface area contributed by atoms with Gasteiger partial charge in [-0.05, 0) is 36.4 Å². The lowest BCUT2D eigenvalue weighted by atomic mass is 10.3. The molecule has 100 valence electrons. The monoisotopic (exact) mass is 325 g/mol. The third kappa shape index (κ3) is 3.84. The van der Waals surface area contributed by atoms with E-state index in [1.54, 1.807) is 12.1 Å².